The fourth-order valence-electron chi connectivity index (χ4n) is 3.03. The number of aliphatic hydroxyl groups is 1. The van der Waals surface area contributed by atoms with Gasteiger partial charge < -0.3 is 10.4 Å². The number of aliphatic hydroxyl groups excluding tert-OH is 1. The van der Waals surface area contributed by atoms with Crippen molar-refractivity contribution in [3.8, 4) is 0 Å². The first-order chi connectivity index (χ1) is 9.22. The fraction of sp³-hybridized carbons (Fsp3) is 0.647. The fourth-order valence-corrected chi connectivity index (χ4v) is 3.03. The van der Waals surface area contributed by atoms with E-state index in [2.05, 4.69) is 43.4 Å². The van der Waals surface area contributed by atoms with Crippen molar-refractivity contribution in [2.24, 2.45) is 5.92 Å². The van der Waals surface area contributed by atoms with Gasteiger partial charge in [0.05, 0.1) is 0 Å². The lowest BCUT2D eigenvalue weighted by atomic mass is 9.81. The molecule has 3 atom stereocenters. The number of rotatable bonds is 6. The average Bonchev–Trinajstić information content (AvgIpc) is 2.45. The molecule has 2 N–H and O–H groups in total. The van der Waals surface area contributed by atoms with Crippen LogP contribution >= 0.6 is 0 Å². The van der Waals surface area contributed by atoms with E-state index in [1.54, 1.807) is 0 Å². The summed E-state index contributed by atoms with van der Waals surface area (Å²) in [5, 5.41) is 12.7. The van der Waals surface area contributed by atoms with E-state index in [1.165, 1.54) is 24.0 Å². The second kappa shape index (κ2) is 7.06. The van der Waals surface area contributed by atoms with Crippen molar-refractivity contribution in [3.63, 3.8) is 0 Å². The SMILES string of the molecule is CC(CO)CCCNC1CCC(C)c2ccccc21. The molecule has 0 saturated heterocycles. The zero-order valence-corrected chi connectivity index (χ0v) is 12.2. The Morgan fingerprint density at radius 3 is 2.74 bits per heavy atom. The van der Waals surface area contributed by atoms with Gasteiger partial charge in [0.2, 0.25) is 0 Å². The summed E-state index contributed by atoms with van der Waals surface area (Å²) in [6.07, 6.45) is 4.78. The Hall–Kier alpha value is -0.860. The first-order valence-corrected chi connectivity index (χ1v) is 7.65. The van der Waals surface area contributed by atoms with E-state index < -0.39 is 0 Å². The van der Waals surface area contributed by atoms with Crippen molar-refractivity contribution in [1.82, 2.24) is 5.32 Å². The number of hydrogen-bond donors (Lipinski definition) is 2. The number of hydrogen-bond acceptors (Lipinski definition) is 2. The van der Waals surface area contributed by atoms with Crippen LogP contribution in [0.5, 0.6) is 0 Å². The van der Waals surface area contributed by atoms with Gasteiger partial charge >= 0.3 is 0 Å². The van der Waals surface area contributed by atoms with Gasteiger partial charge in [0.25, 0.3) is 0 Å². The Morgan fingerprint density at radius 1 is 1.26 bits per heavy atom. The molecule has 1 aliphatic rings. The molecule has 106 valence electrons. The van der Waals surface area contributed by atoms with Crippen molar-refractivity contribution < 1.29 is 5.11 Å². The third kappa shape index (κ3) is 3.80. The molecule has 0 heterocycles. The number of nitrogens with one attached hydrogen (secondary N) is 1. The molecular weight excluding hydrogens is 234 g/mol. The van der Waals surface area contributed by atoms with Crippen LogP contribution in [-0.4, -0.2) is 18.3 Å². The highest BCUT2D eigenvalue weighted by Gasteiger charge is 2.23. The second-order valence-corrected chi connectivity index (χ2v) is 6.04. The van der Waals surface area contributed by atoms with Gasteiger partial charge in [-0.1, -0.05) is 38.1 Å². The van der Waals surface area contributed by atoms with Crippen LogP contribution in [0.1, 0.15) is 62.6 Å². The van der Waals surface area contributed by atoms with Gasteiger partial charge in [-0.25, -0.2) is 0 Å². The highest BCUT2D eigenvalue weighted by atomic mass is 16.3. The van der Waals surface area contributed by atoms with Gasteiger partial charge in [0.1, 0.15) is 0 Å². The Bertz CT molecular complexity index is 391. The highest BCUT2D eigenvalue weighted by Crippen LogP contribution is 2.36. The average molecular weight is 261 g/mol. The zero-order chi connectivity index (χ0) is 13.7. The van der Waals surface area contributed by atoms with E-state index in [0.29, 0.717) is 24.5 Å². The zero-order valence-electron chi connectivity index (χ0n) is 12.2. The molecular formula is C17H27NO. The van der Waals surface area contributed by atoms with Crippen molar-refractivity contribution in [2.45, 2.75) is 51.5 Å². The maximum atomic E-state index is 9.02. The standard InChI is InChI=1S/C17H27NO/c1-13(12-19)6-5-11-18-17-10-9-14(2)15-7-3-4-8-16(15)17/h3-4,7-8,13-14,17-19H,5-6,9-12H2,1-2H3. The lowest BCUT2D eigenvalue weighted by Gasteiger charge is -2.30. The number of benzene rings is 1. The minimum absolute atomic E-state index is 0.309. The summed E-state index contributed by atoms with van der Waals surface area (Å²) in [5.74, 6) is 1.13. The maximum Gasteiger partial charge on any atom is 0.0456 e. The maximum absolute atomic E-state index is 9.02. The van der Waals surface area contributed by atoms with E-state index in [0.717, 1.165) is 19.4 Å². The molecule has 0 fully saturated rings. The van der Waals surface area contributed by atoms with Crippen LogP contribution in [0.25, 0.3) is 0 Å². The molecule has 1 aromatic carbocycles. The van der Waals surface area contributed by atoms with E-state index in [-0.39, 0.29) is 0 Å². The molecule has 0 radical (unpaired) electrons. The smallest absolute Gasteiger partial charge is 0.0456 e. The quantitative estimate of drug-likeness (QED) is 0.767. The van der Waals surface area contributed by atoms with Crippen LogP contribution < -0.4 is 5.32 Å². The summed E-state index contributed by atoms with van der Waals surface area (Å²) in [6.45, 7) is 5.80. The third-order valence-electron chi connectivity index (χ3n) is 4.37. The second-order valence-electron chi connectivity index (χ2n) is 6.04. The van der Waals surface area contributed by atoms with Gasteiger partial charge in [-0.15, -0.1) is 0 Å². The lowest BCUT2D eigenvalue weighted by Crippen LogP contribution is -2.27. The van der Waals surface area contributed by atoms with E-state index in [1.807, 2.05) is 0 Å². The van der Waals surface area contributed by atoms with Crippen molar-refractivity contribution in [3.05, 3.63) is 35.4 Å². The lowest BCUT2D eigenvalue weighted by molar-refractivity contribution is 0.227. The Kier molecular flexibility index (Phi) is 5.41. The predicted octanol–water partition coefficient (Wildman–Crippen LogP) is 3.62. The van der Waals surface area contributed by atoms with Gasteiger partial charge in [0.15, 0.2) is 0 Å². The van der Waals surface area contributed by atoms with Gasteiger partial charge in [-0.3, -0.25) is 0 Å². The molecule has 3 unspecified atom stereocenters. The van der Waals surface area contributed by atoms with Crippen molar-refractivity contribution in [2.75, 3.05) is 13.2 Å². The topological polar surface area (TPSA) is 32.3 Å². The summed E-state index contributed by atoms with van der Waals surface area (Å²) in [7, 11) is 0. The first kappa shape index (κ1) is 14.5. The van der Waals surface area contributed by atoms with Crippen LogP contribution in [0.3, 0.4) is 0 Å². The van der Waals surface area contributed by atoms with E-state index in [4.69, 9.17) is 5.11 Å². The third-order valence-corrected chi connectivity index (χ3v) is 4.37. The summed E-state index contributed by atoms with van der Waals surface area (Å²) >= 11 is 0. The van der Waals surface area contributed by atoms with Crippen molar-refractivity contribution >= 4 is 0 Å². The molecule has 0 bridgehead atoms. The highest BCUT2D eigenvalue weighted by molar-refractivity contribution is 5.34. The van der Waals surface area contributed by atoms with Crippen LogP contribution in [0.4, 0.5) is 0 Å². The first-order valence-electron chi connectivity index (χ1n) is 7.65. The Labute approximate surface area is 117 Å². The summed E-state index contributed by atoms with van der Waals surface area (Å²) in [6, 6.07) is 9.39. The van der Waals surface area contributed by atoms with Crippen LogP contribution in [-0.2, 0) is 0 Å². The molecule has 0 aliphatic heterocycles. The summed E-state index contributed by atoms with van der Waals surface area (Å²) in [4.78, 5) is 0. The summed E-state index contributed by atoms with van der Waals surface area (Å²) < 4.78 is 0. The molecule has 2 rings (SSSR count). The predicted molar refractivity (Wildman–Crippen MR) is 80.3 cm³/mol. The number of fused-ring (bicyclic) bond motifs is 1. The van der Waals surface area contributed by atoms with Crippen LogP contribution in [0, 0.1) is 5.92 Å². The van der Waals surface area contributed by atoms with E-state index >= 15 is 0 Å². The molecule has 0 amide bonds. The van der Waals surface area contributed by atoms with Crippen molar-refractivity contribution in [1.29, 1.82) is 0 Å². The molecule has 2 nitrogen and oxygen atoms in total. The summed E-state index contributed by atoms with van der Waals surface area (Å²) in [5.41, 5.74) is 3.02. The molecule has 19 heavy (non-hydrogen) atoms. The molecule has 1 aliphatic carbocycles. The van der Waals surface area contributed by atoms with E-state index in [9.17, 15) is 0 Å². The van der Waals surface area contributed by atoms with Gasteiger partial charge in [-0.2, -0.15) is 0 Å². The monoisotopic (exact) mass is 261 g/mol. The molecule has 0 saturated carbocycles. The van der Waals surface area contributed by atoms with Crippen LogP contribution in [0.15, 0.2) is 24.3 Å². The normalized spacial score (nSPS) is 23.9. The van der Waals surface area contributed by atoms with Gasteiger partial charge in [-0.05, 0) is 55.2 Å². The molecule has 2 heteroatoms. The minimum atomic E-state index is 0.309. The molecule has 0 aromatic heterocycles. The minimum Gasteiger partial charge on any atom is -0.396 e. The van der Waals surface area contributed by atoms with Crippen LogP contribution in [0.2, 0.25) is 0 Å². The largest absolute Gasteiger partial charge is 0.396 e. The molecule has 1 aromatic rings. The molecule has 0 spiro atoms. The van der Waals surface area contributed by atoms with Gasteiger partial charge in [0, 0.05) is 12.6 Å². The Morgan fingerprint density at radius 2 is 2.00 bits per heavy atom. The Balaban J connectivity index is 1.87.